The lowest BCUT2D eigenvalue weighted by Gasteiger charge is -2.06. The SMILES string of the molecule is Cc1ccc(CCc2ccc(C)c(F)c2F)cc1. The van der Waals surface area contributed by atoms with Gasteiger partial charge in [0.2, 0.25) is 0 Å². The quantitative estimate of drug-likeness (QED) is 0.754. The molecule has 0 heterocycles. The van der Waals surface area contributed by atoms with Crippen LogP contribution in [0.2, 0.25) is 0 Å². The average Bonchev–Trinajstić information content (AvgIpc) is 2.37. The predicted molar refractivity (Wildman–Crippen MR) is 69.7 cm³/mol. The molecule has 18 heavy (non-hydrogen) atoms. The minimum absolute atomic E-state index is 0.353. The molecule has 0 amide bonds. The fraction of sp³-hybridized carbons (Fsp3) is 0.250. The summed E-state index contributed by atoms with van der Waals surface area (Å²) in [5.41, 5.74) is 3.14. The van der Waals surface area contributed by atoms with Crippen molar-refractivity contribution in [3.63, 3.8) is 0 Å². The molecule has 0 atom stereocenters. The van der Waals surface area contributed by atoms with E-state index >= 15 is 0 Å². The maximum absolute atomic E-state index is 13.7. The van der Waals surface area contributed by atoms with Crippen LogP contribution in [-0.2, 0) is 12.8 Å². The van der Waals surface area contributed by atoms with E-state index in [-0.39, 0.29) is 0 Å². The largest absolute Gasteiger partial charge is 0.203 e. The summed E-state index contributed by atoms with van der Waals surface area (Å²) >= 11 is 0. The maximum Gasteiger partial charge on any atom is 0.162 e. The molecule has 0 fully saturated rings. The van der Waals surface area contributed by atoms with Crippen molar-refractivity contribution in [1.29, 1.82) is 0 Å². The molecule has 0 aliphatic carbocycles. The van der Waals surface area contributed by atoms with Crippen molar-refractivity contribution in [3.8, 4) is 0 Å². The van der Waals surface area contributed by atoms with Gasteiger partial charge in [-0.2, -0.15) is 0 Å². The second-order valence-corrected chi connectivity index (χ2v) is 4.66. The summed E-state index contributed by atoms with van der Waals surface area (Å²) in [4.78, 5) is 0. The van der Waals surface area contributed by atoms with E-state index in [0.717, 1.165) is 12.0 Å². The van der Waals surface area contributed by atoms with E-state index in [1.165, 1.54) is 5.56 Å². The number of benzene rings is 2. The van der Waals surface area contributed by atoms with E-state index in [1.807, 2.05) is 31.2 Å². The Kier molecular flexibility index (Phi) is 3.75. The van der Waals surface area contributed by atoms with Gasteiger partial charge in [-0.1, -0.05) is 42.0 Å². The second-order valence-electron chi connectivity index (χ2n) is 4.66. The summed E-state index contributed by atoms with van der Waals surface area (Å²) in [5.74, 6) is -1.43. The maximum atomic E-state index is 13.7. The monoisotopic (exact) mass is 246 g/mol. The van der Waals surface area contributed by atoms with E-state index in [0.29, 0.717) is 17.5 Å². The Bertz CT molecular complexity index is 542. The van der Waals surface area contributed by atoms with Gasteiger partial charge in [-0.3, -0.25) is 0 Å². The smallest absolute Gasteiger partial charge is 0.162 e. The van der Waals surface area contributed by atoms with Crippen molar-refractivity contribution >= 4 is 0 Å². The van der Waals surface area contributed by atoms with Crippen molar-refractivity contribution in [2.24, 2.45) is 0 Å². The van der Waals surface area contributed by atoms with E-state index < -0.39 is 11.6 Å². The molecule has 2 heteroatoms. The Morgan fingerprint density at radius 2 is 1.44 bits per heavy atom. The first kappa shape index (κ1) is 12.7. The van der Waals surface area contributed by atoms with Gasteiger partial charge in [-0.15, -0.1) is 0 Å². The van der Waals surface area contributed by atoms with Gasteiger partial charge in [0, 0.05) is 0 Å². The third kappa shape index (κ3) is 2.76. The van der Waals surface area contributed by atoms with E-state index in [4.69, 9.17) is 0 Å². The van der Waals surface area contributed by atoms with Gasteiger partial charge in [0.25, 0.3) is 0 Å². The van der Waals surface area contributed by atoms with Gasteiger partial charge in [0.1, 0.15) is 0 Å². The second kappa shape index (κ2) is 5.30. The first-order valence-corrected chi connectivity index (χ1v) is 6.07. The number of aryl methyl sites for hydroxylation is 4. The molecule has 2 rings (SSSR count). The zero-order chi connectivity index (χ0) is 13.1. The molecular formula is C16H16F2. The van der Waals surface area contributed by atoms with Gasteiger partial charge >= 0.3 is 0 Å². The molecular weight excluding hydrogens is 230 g/mol. The Hall–Kier alpha value is -1.70. The molecule has 0 nitrogen and oxygen atoms in total. The molecule has 0 unspecified atom stereocenters. The first-order chi connectivity index (χ1) is 8.58. The molecule has 2 aromatic rings. The molecule has 0 spiro atoms. The fourth-order valence-electron chi connectivity index (χ4n) is 1.91. The number of halogens is 2. The minimum Gasteiger partial charge on any atom is -0.203 e. The Balaban J connectivity index is 2.11. The molecule has 0 aliphatic rings. The molecule has 0 N–H and O–H groups in total. The highest BCUT2D eigenvalue weighted by Gasteiger charge is 2.10. The molecule has 94 valence electrons. The molecule has 2 aromatic carbocycles. The Labute approximate surface area is 106 Å². The Morgan fingerprint density at radius 1 is 0.778 bits per heavy atom. The van der Waals surface area contributed by atoms with E-state index in [9.17, 15) is 8.78 Å². The van der Waals surface area contributed by atoms with Crippen LogP contribution < -0.4 is 0 Å². The van der Waals surface area contributed by atoms with Crippen LogP contribution in [0.4, 0.5) is 8.78 Å². The molecule has 0 aromatic heterocycles. The highest BCUT2D eigenvalue weighted by Crippen LogP contribution is 2.17. The standard InChI is InChI=1S/C16H16F2/c1-11-3-6-13(7-4-11)8-10-14-9-5-12(2)15(17)16(14)18/h3-7,9H,8,10H2,1-2H3. The van der Waals surface area contributed by atoms with Crippen LogP contribution in [0.15, 0.2) is 36.4 Å². The predicted octanol–water partition coefficient (Wildman–Crippen LogP) is 4.37. The first-order valence-electron chi connectivity index (χ1n) is 6.07. The van der Waals surface area contributed by atoms with Crippen molar-refractivity contribution in [1.82, 2.24) is 0 Å². The van der Waals surface area contributed by atoms with Gasteiger partial charge in [0.15, 0.2) is 11.6 Å². The summed E-state index contributed by atoms with van der Waals surface area (Å²) in [7, 11) is 0. The van der Waals surface area contributed by atoms with Crippen LogP contribution in [0.1, 0.15) is 22.3 Å². The summed E-state index contributed by atoms with van der Waals surface area (Å²) in [6.45, 7) is 3.60. The van der Waals surface area contributed by atoms with Crippen LogP contribution in [-0.4, -0.2) is 0 Å². The van der Waals surface area contributed by atoms with Gasteiger partial charge in [-0.25, -0.2) is 8.78 Å². The summed E-state index contributed by atoms with van der Waals surface area (Å²) in [5, 5.41) is 0. The fourth-order valence-corrected chi connectivity index (χ4v) is 1.91. The highest BCUT2D eigenvalue weighted by molar-refractivity contribution is 5.27. The van der Waals surface area contributed by atoms with Crippen LogP contribution in [0, 0.1) is 25.5 Å². The lowest BCUT2D eigenvalue weighted by molar-refractivity contribution is 0.493. The summed E-state index contributed by atoms with van der Waals surface area (Å²) < 4.78 is 27.0. The number of hydrogen-bond donors (Lipinski definition) is 0. The Morgan fingerprint density at radius 3 is 2.11 bits per heavy atom. The molecule has 0 aliphatic heterocycles. The van der Waals surface area contributed by atoms with Crippen LogP contribution >= 0.6 is 0 Å². The summed E-state index contributed by atoms with van der Waals surface area (Å²) in [6, 6.07) is 11.4. The van der Waals surface area contributed by atoms with Gasteiger partial charge in [-0.05, 0) is 43.4 Å². The van der Waals surface area contributed by atoms with E-state index in [1.54, 1.807) is 19.1 Å². The average molecular weight is 246 g/mol. The van der Waals surface area contributed by atoms with Crippen molar-refractivity contribution in [2.75, 3.05) is 0 Å². The molecule has 0 radical (unpaired) electrons. The minimum atomic E-state index is -0.726. The normalized spacial score (nSPS) is 10.7. The lowest BCUT2D eigenvalue weighted by atomic mass is 10.0. The van der Waals surface area contributed by atoms with Gasteiger partial charge < -0.3 is 0 Å². The highest BCUT2D eigenvalue weighted by atomic mass is 19.2. The van der Waals surface area contributed by atoms with Crippen LogP contribution in [0.25, 0.3) is 0 Å². The van der Waals surface area contributed by atoms with Crippen LogP contribution in [0.5, 0.6) is 0 Å². The van der Waals surface area contributed by atoms with Crippen molar-refractivity contribution < 1.29 is 8.78 Å². The molecule has 0 saturated carbocycles. The number of hydrogen-bond acceptors (Lipinski definition) is 0. The van der Waals surface area contributed by atoms with Crippen LogP contribution in [0.3, 0.4) is 0 Å². The van der Waals surface area contributed by atoms with E-state index in [2.05, 4.69) is 0 Å². The van der Waals surface area contributed by atoms with Crippen molar-refractivity contribution in [2.45, 2.75) is 26.7 Å². The van der Waals surface area contributed by atoms with Crippen molar-refractivity contribution in [3.05, 3.63) is 70.3 Å². The zero-order valence-electron chi connectivity index (χ0n) is 10.6. The third-order valence-corrected chi connectivity index (χ3v) is 3.16. The third-order valence-electron chi connectivity index (χ3n) is 3.16. The zero-order valence-corrected chi connectivity index (χ0v) is 10.6. The molecule has 0 bridgehead atoms. The summed E-state index contributed by atoms with van der Waals surface area (Å²) in [6.07, 6.45) is 1.24. The number of rotatable bonds is 3. The topological polar surface area (TPSA) is 0 Å². The lowest BCUT2D eigenvalue weighted by Crippen LogP contribution is -1.99. The molecule has 0 saturated heterocycles. The van der Waals surface area contributed by atoms with Gasteiger partial charge in [0.05, 0.1) is 0 Å².